The summed E-state index contributed by atoms with van der Waals surface area (Å²) in [4.78, 5) is 3.95. The van der Waals surface area contributed by atoms with Crippen molar-refractivity contribution in [3.05, 3.63) is 60.2 Å². The molecule has 0 aliphatic carbocycles. The highest BCUT2D eigenvalue weighted by molar-refractivity contribution is 5.43. The van der Waals surface area contributed by atoms with Crippen molar-refractivity contribution in [3.63, 3.8) is 0 Å². The van der Waals surface area contributed by atoms with E-state index >= 15 is 0 Å². The molecule has 82 valence electrons. The van der Waals surface area contributed by atoms with Crippen LogP contribution in [0.4, 0.5) is 10.1 Å². The van der Waals surface area contributed by atoms with Gasteiger partial charge < -0.3 is 5.32 Å². The topological polar surface area (TPSA) is 24.9 Å². The Kier molecular flexibility index (Phi) is 3.49. The van der Waals surface area contributed by atoms with Gasteiger partial charge in [0.05, 0.1) is 0 Å². The molecule has 1 aromatic heterocycles. The second-order valence-electron chi connectivity index (χ2n) is 3.54. The van der Waals surface area contributed by atoms with Crippen molar-refractivity contribution in [2.24, 2.45) is 0 Å². The Morgan fingerprint density at radius 1 is 1.12 bits per heavy atom. The molecule has 0 saturated heterocycles. The van der Waals surface area contributed by atoms with E-state index in [4.69, 9.17) is 0 Å². The Morgan fingerprint density at radius 3 is 2.69 bits per heavy atom. The van der Waals surface area contributed by atoms with Crippen LogP contribution in [0.15, 0.2) is 48.8 Å². The van der Waals surface area contributed by atoms with E-state index in [1.54, 1.807) is 18.5 Å². The van der Waals surface area contributed by atoms with Crippen LogP contribution in [0.25, 0.3) is 0 Å². The molecular weight excluding hydrogens is 203 g/mol. The minimum atomic E-state index is -0.214. The molecule has 1 heterocycles. The van der Waals surface area contributed by atoms with Crippen molar-refractivity contribution in [1.82, 2.24) is 4.98 Å². The molecule has 0 radical (unpaired) electrons. The monoisotopic (exact) mass is 216 g/mol. The Hall–Kier alpha value is -1.90. The normalized spacial score (nSPS) is 10.1. The standard InChI is InChI=1S/C13H13FN2/c14-12-2-1-3-13(10-12)16-9-6-11-4-7-15-8-5-11/h1-5,7-8,10,16H,6,9H2. The number of nitrogens with zero attached hydrogens (tertiary/aromatic N) is 1. The summed E-state index contributed by atoms with van der Waals surface area (Å²) in [5.41, 5.74) is 2.04. The molecule has 0 saturated carbocycles. The van der Waals surface area contributed by atoms with Gasteiger partial charge in [0.1, 0.15) is 5.82 Å². The van der Waals surface area contributed by atoms with Crippen molar-refractivity contribution < 1.29 is 4.39 Å². The minimum Gasteiger partial charge on any atom is -0.385 e. The van der Waals surface area contributed by atoms with E-state index in [1.807, 2.05) is 18.2 Å². The highest BCUT2D eigenvalue weighted by atomic mass is 19.1. The van der Waals surface area contributed by atoms with Gasteiger partial charge in [0, 0.05) is 24.6 Å². The highest BCUT2D eigenvalue weighted by Crippen LogP contribution is 2.09. The first-order chi connectivity index (χ1) is 7.84. The van der Waals surface area contributed by atoms with E-state index < -0.39 is 0 Å². The largest absolute Gasteiger partial charge is 0.385 e. The van der Waals surface area contributed by atoms with Gasteiger partial charge in [-0.3, -0.25) is 4.98 Å². The van der Waals surface area contributed by atoms with Crippen LogP contribution in [0.2, 0.25) is 0 Å². The van der Waals surface area contributed by atoms with Gasteiger partial charge in [0.2, 0.25) is 0 Å². The number of hydrogen-bond donors (Lipinski definition) is 1. The Bertz CT molecular complexity index is 443. The van der Waals surface area contributed by atoms with Gasteiger partial charge in [-0.15, -0.1) is 0 Å². The van der Waals surface area contributed by atoms with E-state index in [2.05, 4.69) is 10.3 Å². The molecule has 2 aromatic rings. The van der Waals surface area contributed by atoms with Crippen LogP contribution < -0.4 is 5.32 Å². The molecule has 0 aliphatic rings. The summed E-state index contributed by atoms with van der Waals surface area (Å²) in [5.74, 6) is -0.214. The van der Waals surface area contributed by atoms with Crippen molar-refractivity contribution in [1.29, 1.82) is 0 Å². The van der Waals surface area contributed by atoms with Gasteiger partial charge in [-0.25, -0.2) is 4.39 Å². The van der Waals surface area contributed by atoms with Gasteiger partial charge in [0.15, 0.2) is 0 Å². The molecule has 3 heteroatoms. The third kappa shape index (κ3) is 3.05. The van der Waals surface area contributed by atoms with E-state index in [-0.39, 0.29) is 5.82 Å². The molecule has 2 nitrogen and oxygen atoms in total. The Labute approximate surface area is 94.2 Å². The van der Waals surface area contributed by atoms with Crippen molar-refractivity contribution in [2.75, 3.05) is 11.9 Å². The third-order valence-corrected chi connectivity index (χ3v) is 2.32. The second kappa shape index (κ2) is 5.26. The van der Waals surface area contributed by atoms with Crippen LogP contribution in [-0.4, -0.2) is 11.5 Å². The number of hydrogen-bond acceptors (Lipinski definition) is 2. The smallest absolute Gasteiger partial charge is 0.125 e. The van der Waals surface area contributed by atoms with E-state index in [9.17, 15) is 4.39 Å². The fourth-order valence-electron chi connectivity index (χ4n) is 1.50. The van der Waals surface area contributed by atoms with Crippen molar-refractivity contribution in [2.45, 2.75) is 6.42 Å². The number of nitrogens with one attached hydrogen (secondary N) is 1. The molecule has 2 rings (SSSR count). The molecular formula is C13H13FN2. The number of aromatic nitrogens is 1. The SMILES string of the molecule is Fc1cccc(NCCc2ccncc2)c1. The van der Waals surface area contributed by atoms with Crippen LogP contribution in [0.5, 0.6) is 0 Å². The lowest BCUT2D eigenvalue weighted by Gasteiger charge is -2.06. The molecule has 0 atom stereocenters. The number of halogens is 1. The fourth-order valence-corrected chi connectivity index (χ4v) is 1.50. The van der Waals surface area contributed by atoms with Crippen LogP contribution in [-0.2, 0) is 6.42 Å². The molecule has 1 aromatic carbocycles. The third-order valence-electron chi connectivity index (χ3n) is 2.32. The average molecular weight is 216 g/mol. The van der Waals surface area contributed by atoms with E-state index in [0.717, 1.165) is 18.7 Å². The lowest BCUT2D eigenvalue weighted by molar-refractivity contribution is 0.628. The molecule has 0 aliphatic heterocycles. The first kappa shape index (κ1) is 10.6. The van der Waals surface area contributed by atoms with Crippen molar-refractivity contribution >= 4 is 5.69 Å². The van der Waals surface area contributed by atoms with E-state index in [1.165, 1.54) is 17.7 Å². The second-order valence-corrected chi connectivity index (χ2v) is 3.54. The average Bonchev–Trinajstić information content (AvgIpc) is 2.30. The molecule has 0 unspecified atom stereocenters. The lowest BCUT2D eigenvalue weighted by Crippen LogP contribution is -2.04. The molecule has 0 amide bonds. The molecule has 0 spiro atoms. The number of pyridine rings is 1. The highest BCUT2D eigenvalue weighted by Gasteiger charge is 1.95. The van der Waals surface area contributed by atoms with Crippen LogP contribution in [0.3, 0.4) is 0 Å². The lowest BCUT2D eigenvalue weighted by atomic mass is 10.2. The summed E-state index contributed by atoms with van der Waals surface area (Å²) >= 11 is 0. The molecule has 0 bridgehead atoms. The Morgan fingerprint density at radius 2 is 1.94 bits per heavy atom. The number of benzene rings is 1. The number of rotatable bonds is 4. The summed E-state index contributed by atoms with van der Waals surface area (Å²) < 4.78 is 12.9. The first-order valence-corrected chi connectivity index (χ1v) is 5.23. The summed E-state index contributed by atoms with van der Waals surface area (Å²) in [5, 5.41) is 3.17. The van der Waals surface area contributed by atoms with Crippen molar-refractivity contribution in [3.8, 4) is 0 Å². The Balaban J connectivity index is 1.85. The molecule has 1 N–H and O–H groups in total. The van der Waals surface area contributed by atoms with Gasteiger partial charge in [-0.2, -0.15) is 0 Å². The number of anilines is 1. The zero-order valence-corrected chi connectivity index (χ0v) is 8.86. The van der Waals surface area contributed by atoms with Gasteiger partial charge >= 0.3 is 0 Å². The zero-order chi connectivity index (χ0) is 11.2. The first-order valence-electron chi connectivity index (χ1n) is 5.23. The maximum atomic E-state index is 12.9. The zero-order valence-electron chi connectivity index (χ0n) is 8.86. The van der Waals surface area contributed by atoms with Crippen LogP contribution >= 0.6 is 0 Å². The van der Waals surface area contributed by atoms with Gasteiger partial charge in [-0.1, -0.05) is 6.07 Å². The van der Waals surface area contributed by atoms with Crippen LogP contribution in [0, 0.1) is 5.82 Å². The summed E-state index contributed by atoms with van der Waals surface area (Å²) in [6.45, 7) is 0.785. The van der Waals surface area contributed by atoms with Crippen LogP contribution in [0.1, 0.15) is 5.56 Å². The van der Waals surface area contributed by atoms with Gasteiger partial charge in [-0.05, 0) is 42.3 Å². The summed E-state index contributed by atoms with van der Waals surface area (Å²) in [6, 6.07) is 10.4. The predicted octanol–water partition coefficient (Wildman–Crippen LogP) is 2.88. The molecule has 0 fully saturated rings. The predicted molar refractivity (Wildman–Crippen MR) is 62.8 cm³/mol. The quantitative estimate of drug-likeness (QED) is 0.850. The fraction of sp³-hybridized carbons (Fsp3) is 0.154. The minimum absolute atomic E-state index is 0.214. The van der Waals surface area contributed by atoms with E-state index in [0.29, 0.717) is 0 Å². The molecule has 16 heavy (non-hydrogen) atoms. The summed E-state index contributed by atoms with van der Waals surface area (Å²) in [6.07, 6.45) is 4.45. The summed E-state index contributed by atoms with van der Waals surface area (Å²) in [7, 11) is 0. The maximum absolute atomic E-state index is 12.9. The maximum Gasteiger partial charge on any atom is 0.125 e. The van der Waals surface area contributed by atoms with Gasteiger partial charge in [0.25, 0.3) is 0 Å².